The van der Waals surface area contributed by atoms with E-state index in [-0.39, 0.29) is 6.54 Å². The van der Waals surface area contributed by atoms with Crippen LogP contribution in [-0.2, 0) is 23.1 Å². The van der Waals surface area contributed by atoms with Gasteiger partial charge in [-0.05, 0) is 43.0 Å². The molecule has 0 atom stereocenters. The van der Waals surface area contributed by atoms with Crippen LogP contribution < -0.4 is 0 Å². The van der Waals surface area contributed by atoms with Gasteiger partial charge in [0.05, 0.1) is 11.4 Å². The van der Waals surface area contributed by atoms with Gasteiger partial charge in [0.25, 0.3) is 0 Å². The van der Waals surface area contributed by atoms with Crippen molar-refractivity contribution in [3.8, 4) is 0 Å². The Morgan fingerprint density at radius 2 is 1.91 bits per heavy atom. The van der Waals surface area contributed by atoms with Crippen molar-refractivity contribution in [2.75, 3.05) is 7.05 Å². The molecule has 7 heteroatoms. The summed E-state index contributed by atoms with van der Waals surface area (Å²) < 4.78 is 28.5. The van der Waals surface area contributed by atoms with Gasteiger partial charge in [0.15, 0.2) is 0 Å². The Balaban J connectivity index is 2.24. The van der Waals surface area contributed by atoms with Gasteiger partial charge in [-0.2, -0.15) is 9.40 Å². The summed E-state index contributed by atoms with van der Waals surface area (Å²) in [4.78, 5) is 4.50. The Morgan fingerprint density at radius 1 is 1.22 bits per heavy atom. The van der Waals surface area contributed by atoms with Crippen molar-refractivity contribution in [1.82, 2.24) is 19.1 Å². The fraction of sp³-hybridized carbons (Fsp3) is 0.500. The van der Waals surface area contributed by atoms with Gasteiger partial charge in [-0.3, -0.25) is 0 Å². The molecule has 0 amide bonds. The van der Waals surface area contributed by atoms with E-state index in [4.69, 9.17) is 0 Å². The van der Waals surface area contributed by atoms with Crippen LogP contribution in [0.3, 0.4) is 0 Å². The summed E-state index contributed by atoms with van der Waals surface area (Å²) in [7, 11) is -1.98. The SMILES string of the molecule is Cc1ccc(S(=O)(=O)N(C)Cc2ncnn2CC(C)C)cc1C. The highest BCUT2D eigenvalue weighted by Crippen LogP contribution is 2.19. The summed E-state index contributed by atoms with van der Waals surface area (Å²) in [6, 6.07) is 5.18. The van der Waals surface area contributed by atoms with Crippen molar-refractivity contribution in [1.29, 1.82) is 0 Å². The largest absolute Gasteiger partial charge is 0.248 e. The van der Waals surface area contributed by atoms with Crippen LogP contribution in [-0.4, -0.2) is 34.5 Å². The standard InChI is InChI=1S/C16H24N4O2S/c1-12(2)9-20-16(17-11-18-20)10-19(5)23(21,22)15-7-6-13(3)14(4)8-15/h6-8,11-12H,9-10H2,1-5H3. The van der Waals surface area contributed by atoms with Crippen molar-refractivity contribution >= 4 is 10.0 Å². The highest BCUT2D eigenvalue weighted by atomic mass is 32.2. The molecule has 0 aliphatic heterocycles. The normalized spacial score (nSPS) is 12.3. The van der Waals surface area contributed by atoms with Gasteiger partial charge in [-0.1, -0.05) is 19.9 Å². The molecule has 1 aromatic heterocycles. The summed E-state index contributed by atoms with van der Waals surface area (Å²) in [6.07, 6.45) is 1.47. The molecule has 0 fully saturated rings. The molecule has 6 nitrogen and oxygen atoms in total. The molecule has 1 heterocycles. The Bertz CT molecular complexity index is 781. The third kappa shape index (κ3) is 3.97. The van der Waals surface area contributed by atoms with E-state index in [1.165, 1.54) is 10.6 Å². The zero-order valence-electron chi connectivity index (χ0n) is 14.3. The second kappa shape index (κ2) is 6.80. The van der Waals surface area contributed by atoms with Gasteiger partial charge in [0, 0.05) is 13.6 Å². The van der Waals surface area contributed by atoms with Crippen LogP contribution in [0.2, 0.25) is 0 Å². The van der Waals surface area contributed by atoms with Gasteiger partial charge in [0.1, 0.15) is 12.2 Å². The van der Waals surface area contributed by atoms with E-state index >= 15 is 0 Å². The third-order valence-corrected chi connectivity index (χ3v) is 5.58. The van der Waals surface area contributed by atoms with Gasteiger partial charge < -0.3 is 0 Å². The lowest BCUT2D eigenvalue weighted by Gasteiger charge is -2.18. The molecule has 0 spiro atoms. The van der Waals surface area contributed by atoms with E-state index in [1.807, 2.05) is 19.9 Å². The Morgan fingerprint density at radius 3 is 2.52 bits per heavy atom. The number of sulfonamides is 1. The molecule has 0 bridgehead atoms. The Hall–Kier alpha value is -1.73. The molecular formula is C16H24N4O2S. The number of hydrogen-bond acceptors (Lipinski definition) is 4. The molecule has 0 unspecified atom stereocenters. The van der Waals surface area contributed by atoms with Crippen LogP contribution in [0, 0.1) is 19.8 Å². The van der Waals surface area contributed by atoms with Gasteiger partial charge in [-0.25, -0.2) is 18.1 Å². The number of nitrogens with zero attached hydrogens (tertiary/aromatic N) is 4. The maximum atomic E-state index is 12.7. The lowest BCUT2D eigenvalue weighted by Crippen LogP contribution is -2.28. The van der Waals surface area contributed by atoms with E-state index in [1.54, 1.807) is 23.9 Å². The molecule has 2 rings (SSSR count). The van der Waals surface area contributed by atoms with Gasteiger partial charge >= 0.3 is 0 Å². The minimum atomic E-state index is -3.55. The van der Waals surface area contributed by atoms with Crippen LogP contribution in [0.15, 0.2) is 29.4 Å². The zero-order valence-corrected chi connectivity index (χ0v) is 15.1. The average molecular weight is 336 g/mol. The minimum Gasteiger partial charge on any atom is -0.248 e. The smallest absolute Gasteiger partial charge is 0.243 e. The summed E-state index contributed by atoms with van der Waals surface area (Å²) in [5.74, 6) is 1.06. The summed E-state index contributed by atoms with van der Waals surface area (Å²) in [5, 5.41) is 4.17. The zero-order chi connectivity index (χ0) is 17.2. The monoisotopic (exact) mass is 336 g/mol. The molecule has 0 N–H and O–H groups in total. The van der Waals surface area contributed by atoms with Crippen molar-refractivity contribution in [3.63, 3.8) is 0 Å². The molecule has 2 aromatic rings. The maximum absolute atomic E-state index is 12.7. The summed E-state index contributed by atoms with van der Waals surface area (Å²) >= 11 is 0. The maximum Gasteiger partial charge on any atom is 0.243 e. The van der Waals surface area contributed by atoms with Crippen molar-refractivity contribution in [2.24, 2.45) is 5.92 Å². The first-order valence-electron chi connectivity index (χ1n) is 7.62. The van der Waals surface area contributed by atoms with E-state index in [9.17, 15) is 8.42 Å². The second-order valence-electron chi connectivity index (χ2n) is 6.26. The molecule has 0 saturated heterocycles. The third-order valence-electron chi connectivity index (χ3n) is 3.78. The Labute approximate surface area is 138 Å². The molecular weight excluding hydrogens is 312 g/mol. The number of aryl methyl sites for hydroxylation is 2. The average Bonchev–Trinajstić information content (AvgIpc) is 2.88. The number of aromatic nitrogens is 3. The molecule has 0 aliphatic rings. The quantitative estimate of drug-likeness (QED) is 0.812. The summed E-state index contributed by atoms with van der Waals surface area (Å²) in [5.41, 5.74) is 2.03. The fourth-order valence-corrected chi connectivity index (χ4v) is 3.46. The van der Waals surface area contributed by atoms with E-state index in [0.717, 1.165) is 11.1 Å². The van der Waals surface area contributed by atoms with Crippen LogP contribution in [0.5, 0.6) is 0 Å². The number of hydrogen-bond donors (Lipinski definition) is 0. The predicted octanol–water partition coefficient (Wildman–Crippen LogP) is 2.37. The summed E-state index contributed by atoms with van der Waals surface area (Å²) in [6.45, 7) is 8.95. The van der Waals surface area contributed by atoms with E-state index in [2.05, 4.69) is 23.9 Å². The minimum absolute atomic E-state index is 0.196. The highest BCUT2D eigenvalue weighted by molar-refractivity contribution is 7.89. The number of benzene rings is 1. The van der Waals surface area contributed by atoms with Crippen molar-refractivity contribution in [3.05, 3.63) is 41.5 Å². The molecule has 1 aromatic carbocycles. The van der Waals surface area contributed by atoms with E-state index < -0.39 is 10.0 Å². The highest BCUT2D eigenvalue weighted by Gasteiger charge is 2.23. The van der Waals surface area contributed by atoms with E-state index in [0.29, 0.717) is 23.2 Å². The first kappa shape index (κ1) is 17.6. The lowest BCUT2D eigenvalue weighted by atomic mass is 10.1. The molecule has 0 radical (unpaired) electrons. The van der Waals surface area contributed by atoms with Crippen LogP contribution >= 0.6 is 0 Å². The fourth-order valence-electron chi connectivity index (χ4n) is 2.25. The first-order valence-corrected chi connectivity index (χ1v) is 9.06. The Kier molecular flexibility index (Phi) is 5.21. The van der Waals surface area contributed by atoms with Crippen LogP contribution in [0.25, 0.3) is 0 Å². The molecule has 0 aliphatic carbocycles. The van der Waals surface area contributed by atoms with Gasteiger partial charge in [-0.15, -0.1) is 0 Å². The topological polar surface area (TPSA) is 68.1 Å². The van der Waals surface area contributed by atoms with Crippen molar-refractivity contribution < 1.29 is 8.42 Å². The molecule has 0 saturated carbocycles. The molecule has 23 heavy (non-hydrogen) atoms. The van der Waals surface area contributed by atoms with Crippen molar-refractivity contribution in [2.45, 2.75) is 45.7 Å². The first-order chi connectivity index (χ1) is 10.7. The second-order valence-corrected chi connectivity index (χ2v) is 8.30. The van der Waals surface area contributed by atoms with Crippen LogP contribution in [0.1, 0.15) is 30.8 Å². The lowest BCUT2D eigenvalue weighted by molar-refractivity contribution is 0.415. The van der Waals surface area contributed by atoms with Gasteiger partial charge in [0.2, 0.25) is 10.0 Å². The molecule has 126 valence electrons. The van der Waals surface area contributed by atoms with Crippen LogP contribution in [0.4, 0.5) is 0 Å². The number of rotatable bonds is 6. The predicted molar refractivity (Wildman–Crippen MR) is 89.4 cm³/mol.